The summed E-state index contributed by atoms with van der Waals surface area (Å²) in [7, 11) is 0. The normalized spacial score (nSPS) is 33.6. The van der Waals surface area contributed by atoms with Crippen LogP contribution >= 0.6 is 0 Å². The highest BCUT2D eigenvalue weighted by Crippen LogP contribution is 2.42. The van der Waals surface area contributed by atoms with Crippen molar-refractivity contribution >= 4 is 0 Å². The standard InChI is InChI=1S/C13H26O/c1-5-9-14-12-7-6-8-13(4,10-12)11(2)3/h11-12H,5-10H2,1-4H3. The zero-order valence-electron chi connectivity index (χ0n) is 10.3. The Morgan fingerprint density at radius 1 is 1.43 bits per heavy atom. The van der Waals surface area contributed by atoms with Gasteiger partial charge in [-0.3, -0.25) is 0 Å². The fourth-order valence-electron chi connectivity index (χ4n) is 2.41. The lowest BCUT2D eigenvalue weighted by Gasteiger charge is -2.41. The highest BCUT2D eigenvalue weighted by atomic mass is 16.5. The molecule has 0 radical (unpaired) electrons. The van der Waals surface area contributed by atoms with Gasteiger partial charge in [0, 0.05) is 6.61 Å². The second-order valence-corrected chi connectivity index (χ2v) is 5.40. The Morgan fingerprint density at radius 2 is 2.14 bits per heavy atom. The van der Waals surface area contributed by atoms with Crippen LogP contribution in [0.2, 0.25) is 0 Å². The van der Waals surface area contributed by atoms with Crippen LogP contribution in [0.5, 0.6) is 0 Å². The molecule has 0 heterocycles. The van der Waals surface area contributed by atoms with Crippen molar-refractivity contribution < 1.29 is 4.74 Å². The molecule has 0 amide bonds. The van der Waals surface area contributed by atoms with Crippen LogP contribution in [-0.2, 0) is 4.74 Å². The topological polar surface area (TPSA) is 9.23 Å². The van der Waals surface area contributed by atoms with Gasteiger partial charge in [0.05, 0.1) is 6.10 Å². The molecule has 0 saturated heterocycles. The molecule has 0 aromatic heterocycles. The van der Waals surface area contributed by atoms with Crippen molar-refractivity contribution in [3.05, 3.63) is 0 Å². The summed E-state index contributed by atoms with van der Waals surface area (Å²) in [5.74, 6) is 0.788. The molecule has 0 aromatic rings. The Balaban J connectivity index is 2.42. The first-order valence-corrected chi connectivity index (χ1v) is 6.20. The molecule has 0 aromatic carbocycles. The molecule has 1 heteroatoms. The van der Waals surface area contributed by atoms with Gasteiger partial charge in [0.2, 0.25) is 0 Å². The van der Waals surface area contributed by atoms with Crippen molar-refractivity contribution in [2.45, 2.75) is 65.9 Å². The maximum Gasteiger partial charge on any atom is 0.0580 e. The van der Waals surface area contributed by atoms with Crippen LogP contribution in [0.1, 0.15) is 59.8 Å². The van der Waals surface area contributed by atoms with Gasteiger partial charge >= 0.3 is 0 Å². The maximum absolute atomic E-state index is 5.88. The van der Waals surface area contributed by atoms with E-state index in [-0.39, 0.29) is 0 Å². The minimum atomic E-state index is 0.524. The molecule has 0 N–H and O–H groups in total. The Bertz CT molecular complexity index is 165. The summed E-state index contributed by atoms with van der Waals surface area (Å²) in [6.45, 7) is 10.3. The summed E-state index contributed by atoms with van der Waals surface area (Å²) in [6.07, 6.45) is 6.97. The van der Waals surface area contributed by atoms with Gasteiger partial charge in [0.1, 0.15) is 0 Å². The molecule has 1 fully saturated rings. The second-order valence-electron chi connectivity index (χ2n) is 5.40. The average molecular weight is 198 g/mol. The Kier molecular flexibility index (Phi) is 4.43. The van der Waals surface area contributed by atoms with E-state index in [9.17, 15) is 0 Å². The van der Waals surface area contributed by atoms with Crippen molar-refractivity contribution in [1.82, 2.24) is 0 Å². The summed E-state index contributed by atoms with van der Waals surface area (Å²) in [4.78, 5) is 0. The molecule has 1 rings (SSSR count). The van der Waals surface area contributed by atoms with Crippen molar-refractivity contribution in [2.24, 2.45) is 11.3 Å². The molecular formula is C13H26O. The average Bonchev–Trinajstić information content (AvgIpc) is 2.15. The molecular weight excluding hydrogens is 172 g/mol. The van der Waals surface area contributed by atoms with Crippen LogP contribution in [0.25, 0.3) is 0 Å². The molecule has 2 unspecified atom stereocenters. The van der Waals surface area contributed by atoms with E-state index in [0.29, 0.717) is 11.5 Å². The predicted octanol–water partition coefficient (Wildman–Crippen LogP) is 4.02. The molecule has 0 aliphatic heterocycles. The van der Waals surface area contributed by atoms with E-state index in [0.717, 1.165) is 18.9 Å². The van der Waals surface area contributed by atoms with Crippen molar-refractivity contribution in [2.75, 3.05) is 6.61 Å². The first-order valence-electron chi connectivity index (χ1n) is 6.20. The van der Waals surface area contributed by atoms with E-state index >= 15 is 0 Å². The summed E-state index contributed by atoms with van der Waals surface area (Å²) < 4.78 is 5.88. The SMILES string of the molecule is CCCOC1CCCC(C)(C(C)C)C1. The summed E-state index contributed by atoms with van der Waals surface area (Å²) >= 11 is 0. The molecule has 1 aliphatic rings. The molecule has 2 atom stereocenters. The third-order valence-corrected chi connectivity index (χ3v) is 3.92. The van der Waals surface area contributed by atoms with Gasteiger partial charge in [0.25, 0.3) is 0 Å². The number of hydrogen-bond acceptors (Lipinski definition) is 1. The highest BCUT2D eigenvalue weighted by molar-refractivity contribution is 4.85. The lowest BCUT2D eigenvalue weighted by Crippen LogP contribution is -2.34. The van der Waals surface area contributed by atoms with Crippen LogP contribution < -0.4 is 0 Å². The minimum Gasteiger partial charge on any atom is -0.378 e. The lowest BCUT2D eigenvalue weighted by atomic mass is 9.67. The quantitative estimate of drug-likeness (QED) is 0.663. The van der Waals surface area contributed by atoms with Gasteiger partial charge in [-0.1, -0.05) is 34.1 Å². The summed E-state index contributed by atoms with van der Waals surface area (Å²) in [5.41, 5.74) is 0.524. The van der Waals surface area contributed by atoms with Crippen LogP contribution in [0, 0.1) is 11.3 Å². The molecule has 0 bridgehead atoms. The fourth-order valence-corrected chi connectivity index (χ4v) is 2.41. The Labute approximate surface area is 89.2 Å². The highest BCUT2D eigenvalue weighted by Gasteiger charge is 2.34. The Morgan fingerprint density at radius 3 is 2.71 bits per heavy atom. The van der Waals surface area contributed by atoms with Crippen LogP contribution in [-0.4, -0.2) is 12.7 Å². The monoisotopic (exact) mass is 198 g/mol. The zero-order chi connectivity index (χ0) is 10.6. The molecule has 14 heavy (non-hydrogen) atoms. The summed E-state index contributed by atoms with van der Waals surface area (Å²) in [5, 5.41) is 0. The van der Waals surface area contributed by atoms with Gasteiger partial charge in [-0.15, -0.1) is 0 Å². The minimum absolute atomic E-state index is 0.524. The van der Waals surface area contributed by atoms with Crippen LogP contribution in [0.4, 0.5) is 0 Å². The van der Waals surface area contributed by atoms with E-state index in [1.165, 1.54) is 25.7 Å². The smallest absolute Gasteiger partial charge is 0.0580 e. The lowest BCUT2D eigenvalue weighted by molar-refractivity contribution is -0.0251. The third kappa shape index (κ3) is 2.98. The van der Waals surface area contributed by atoms with Gasteiger partial charge in [0.15, 0.2) is 0 Å². The molecule has 84 valence electrons. The first-order chi connectivity index (χ1) is 6.58. The van der Waals surface area contributed by atoms with Gasteiger partial charge < -0.3 is 4.74 Å². The van der Waals surface area contributed by atoms with Crippen molar-refractivity contribution in [3.8, 4) is 0 Å². The first kappa shape index (κ1) is 12.0. The number of hydrogen-bond donors (Lipinski definition) is 0. The van der Waals surface area contributed by atoms with E-state index in [4.69, 9.17) is 4.74 Å². The molecule has 1 saturated carbocycles. The van der Waals surface area contributed by atoms with E-state index in [2.05, 4.69) is 27.7 Å². The second kappa shape index (κ2) is 5.16. The van der Waals surface area contributed by atoms with Gasteiger partial charge in [-0.25, -0.2) is 0 Å². The van der Waals surface area contributed by atoms with E-state index in [1.54, 1.807) is 0 Å². The van der Waals surface area contributed by atoms with Crippen LogP contribution in [0.3, 0.4) is 0 Å². The summed E-state index contributed by atoms with van der Waals surface area (Å²) in [6, 6.07) is 0. The van der Waals surface area contributed by atoms with Gasteiger partial charge in [-0.05, 0) is 37.0 Å². The van der Waals surface area contributed by atoms with Gasteiger partial charge in [-0.2, -0.15) is 0 Å². The number of rotatable bonds is 4. The van der Waals surface area contributed by atoms with E-state index < -0.39 is 0 Å². The largest absolute Gasteiger partial charge is 0.378 e. The molecule has 1 aliphatic carbocycles. The molecule has 1 nitrogen and oxygen atoms in total. The third-order valence-electron chi connectivity index (χ3n) is 3.92. The van der Waals surface area contributed by atoms with E-state index in [1.807, 2.05) is 0 Å². The maximum atomic E-state index is 5.88. The van der Waals surface area contributed by atoms with Crippen LogP contribution in [0.15, 0.2) is 0 Å². The van der Waals surface area contributed by atoms with Crippen molar-refractivity contribution in [3.63, 3.8) is 0 Å². The Hall–Kier alpha value is -0.0400. The number of ether oxygens (including phenoxy) is 1. The predicted molar refractivity (Wildman–Crippen MR) is 61.4 cm³/mol. The molecule has 0 spiro atoms. The zero-order valence-corrected chi connectivity index (χ0v) is 10.3. The fraction of sp³-hybridized carbons (Fsp3) is 1.00. The van der Waals surface area contributed by atoms with Crippen molar-refractivity contribution in [1.29, 1.82) is 0 Å².